The summed E-state index contributed by atoms with van der Waals surface area (Å²) in [5.41, 5.74) is 0.896. The Hall–Kier alpha value is -3.07. The lowest BCUT2D eigenvalue weighted by atomic mass is 10.2. The lowest BCUT2D eigenvalue weighted by molar-refractivity contribution is 0.254. The highest BCUT2D eigenvalue weighted by molar-refractivity contribution is 5.93. The second-order valence-corrected chi connectivity index (χ2v) is 7.15. The molecule has 0 aliphatic carbocycles. The molecule has 168 valence electrons. The number of piperazine rings is 1. The largest absolute Gasteiger partial charge is 0.493 e. The molecule has 1 aromatic carbocycles. The molecular formula is C22H33N7O2. The summed E-state index contributed by atoms with van der Waals surface area (Å²) >= 11 is 0. The Morgan fingerprint density at radius 2 is 1.90 bits per heavy atom. The predicted molar refractivity (Wildman–Crippen MR) is 124 cm³/mol. The molecule has 0 radical (unpaired) electrons. The fourth-order valence-electron chi connectivity index (χ4n) is 3.47. The van der Waals surface area contributed by atoms with Crippen LogP contribution in [-0.2, 0) is 0 Å². The highest BCUT2D eigenvalue weighted by atomic mass is 16.5. The van der Waals surface area contributed by atoms with Crippen molar-refractivity contribution in [3.63, 3.8) is 0 Å². The van der Waals surface area contributed by atoms with Crippen LogP contribution in [0.15, 0.2) is 41.7 Å². The monoisotopic (exact) mass is 427 g/mol. The third-order valence-electron chi connectivity index (χ3n) is 5.10. The minimum Gasteiger partial charge on any atom is -0.493 e. The molecule has 1 aromatic heterocycles. The number of hydrogen-bond acceptors (Lipinski definition) is 7. The Morgan fingerprint density at radius 1 is 1.13 bits per heavy atom. The second-order valence-electron chi connectivity index (χ2n) is 7.15. The summed E-state index contributed by atoms with van der Waals surface area (Å²) in [6.45, 7) is 8.41. The number of guanidine groups is 1. The van der Waals surface area contributed by atoms with Crippen molar-refractivity contribution >= 4 is 17.6 Å². The molecule has 0 unspecified atom stereocenters. The second kappa shape index (κ2) is 11.9. The molecule has 1 aliphatic rings. The smallest absolute Gasteiger partial charge is 0.225 e. The van der Waals surface area contributed by atoms with E-state index in [2.05, 4.69) is 35.4 Å². The predicted octanol–water partition coefficient (Wildman–Crippen LogP) is 2.08. The minimum atomic E-state index is 0.599. The van der Waals surface area contributed by atoms with Gasteiger partial charge in [0, 0.05) is 63.9 Å². The zero-order valence-electron chi connectivity index (χ0n) is 18.7. The van der Waals surface area contributed by atoms with Crippen LogP contribution in [0.25, 0.3) is 0 Å². The summed E-state index contributed by atoms with van der Waals surface area (Å²) < 4.78 is 11.0. The molecule has 3 rings (SSSR count). The van der Waals surface area contributed by atoms with E-state index >= 15 is 0 Å². The number of aromatic nitrogens is 2. The number of rotatable bonds is 9. The fourth-order valence-corrected chi connectivity index (χ4v) is 3.47. The lowest BCUT2D eigenvalue weighted by Crippen LogP contribution is -2.47. The molecule has 1 fully saturated rings. The van der Waals surface area contributed by atoms with E-state index in [0.29, 0.717) is 12.4 Å². The van der Waals surface area contributed by atoms with E-state index in [1.807, 2.05) is 31.2 Å². The molecule has 1 saturated heterocycles. The molecule has 2 heterocycles. The van der Waals surface area contributed by atoms with Gasteiger partial charge >= 0.3 is 0 Å². The third-order valence-corrected chi connectivity index (χ3v) is 5.10. The molecule has 31 heavy (non-hydrogen) atoms. The van der Waals surface area contributed by atoms with Crippen molar-refractivity contribution in [3.8, 4) is 11.5 Å². The Kier molecular flexibility index (Phi) is 8.71. The molecule has 0 bridgehead atoms. The number of aliphatic imine (C=N–C) groups is 1. The summed E-state index contributed by atoms with van der Waals surface area (Å²) in [6.07, 6.45) is 4.63. The first kappa shape index (κ1) is 22.6. The zero-order valence-corrected chi connectivity index (χ0v) is 18.7. The molecule has 0 spiro atoms. The molecule has 9 nitrogen and oxygen atoms in total. The standard InChI is InChI=1S/C22H33N7O2/c1-4-31-19-8-7-18(17-20(19)30-3)27-21(23-2)24-11-6-12-28-13-15-29(16-14-28)22-25-9-5-10-26-22/h5,7-10,17H,4,6,11-16H2,1-3H3,(H2,23,24,27). The number of anilines is 2. The topological polar surface area (TPSA) is 87.1 Å². The van der Waals surface area contributed by atoms with E-state index in [4.69, 9.17) is 9.47 Å². The summed E-state index contributed by atoms with van der Waals surface area (Å²) in [6, 6.07) is 7.62. The first-order valence-electron chi connectivity index (χ1n) is 10.8. The van der Waals surface area contributed by atoms with Crippen LogP contribution in [0.1, 0.15) is 13.3 Å². The highest BCUT2D eigenvalue weighted by Gasteiger charge is 2.18. The van der Waals surface area contributed by atoms with E-state index in [0.717, 1.165) is 69.0 Å². The number of hydrogen-bond donors (Lipinski definition) is 2. The van der Waals surface area contributed by atoms with E-state index in [-0.39, 0.29) is 0 Å². The molecule has 0 saturated carbocycles. The summed E-state index contributed by atoms with van der Waals surface area (Å²) in [7, 11) is 3.41. The van der Waals surface area contributed by atoms with Gasteiger partial charge in [0.05, 0.1) is 13.7 Å². The quantitative estimate of drug-likeness (QED) is 0.357. The summed E-state index contributed by atoms with van der Waals surface area (Å²) in [5, 5.41) is 6.68. The van der Waals surface area contributed by atoms with E-state index < -0.39 is 0 Å². The van der Waals surface area contributed by atoms with E-state index in [9.17, 15) is 0 Å². The summed E-state index contributed by atoms with van der Waals surface area (Å²) in [4.78, 5) is 17.7. The zero-order chi connectivity index (χ0) is 21.9. The van der Waals surface area contributed by atoms with Crippen LogP contribution >= 0.6 is 0 Å². The van der Waals surface area contributed by atoms with Crippen LogP contribution in [-0.4, -0.2) is 80.9 Å². The molecule has 0 amide bonds. The van der Waals surface area contributed by atoms with E-state index in [1.54, 1.807) is 26.6 Å². The van der Waals surface area contributed by atoms with Crippen molar-refractivity contribution in [3.05, 3.63) is 36.7 Å². The highest BCUT2D eigenvalue weighted by Crippen LogP contribution is 2.30. The third kappa shape index (κ3) is 6.71. The van der Waals surface area contributed by atoms with Gasteiger partial charge in [0.25, 0.3) is 0 Å². The van der Waals surface area contributed by atoms with Crippen molar-refractivity contribution in [2.24, 2.45) is 4.99 Å². The molecule has 2 N–H and O–H groups in total. The maximum Gasteiger partial charge on any atom is 0.225 e. The van der Waals surface area contributed by atoms with Crippen molar-refractivity contribution in [1.29, 1.82) is 0 Å². The Morgan fingerprint density at radius 3 is 2.58 bits per heavy atom. The number of ether oxygens (including phenoxy) is 2. The fraction of sp³-hybridized carbons (Fsp3) is 0.500. The Labute approximate surface area is 184 Å². The van der Waals surface area contributed by atoms with Gasteiger partial charge in [-0.25, -0.2) is 9.97 Å². The normalized spacial score (nSPS) is 14.9. The minimum absolute atomic E-state index is 0.599. The van der Waals surface area contributed by atoms with E-state index in [1.165, 1.54) is 0 Å². The Bertz CT molecular complexity index is 824. The number of nitrogens with one attached hydrogen (secondary N) is 2. The van der Waals surface area contributed by atoms with Crippen LogP contribution in [0.2, 0.25) is 0 Å². The van der Waals surface area contributed by atoms with Crippen LogP contribution in [0.3, 0.4) is 0 Å². The van der Waals surface area contributed by atoms with Crippen LogP contribution in [0, 0.1) is 0 Å². The SMILES string of the molecule is CCOc1ccc(NC(=NC)NCCCN2CCN(c3ncccn3)CC2)cc1OC. The van der Waals surface area contributed by atoms with Gasteiger partial charge in [0.1, 0.15) is 0 Å². The molecule has 9 heteroatoms. The van der Waals surface area contributed by atoms with Crippen molar-refractivity contribution < 1.29 is 9.47 Å². The van der Waals surface area contributed by atoms with Gasteiger partial charge in [0.2, 0.25) is 5.95 Å². The van der Waals surface area contributed by atoms with Crippen LogP contribution in [0.4, 0.5) is 11.6 Å². The van der Waals surface area contributed by atoms with Gasteiger partial charge < -0.3 is 25.0 Å². The van der Waals surface area contributed by atoms with Crippen LogP contribution in [0.5, 0.6) is 11.5 Å². The lowest BCUT2D eigenvalue weighted by Gasteiger charge is -2.34. The maximum atomic E-state index is 5.57. The summed E-state index contributed by atoms with van der Waals surface area (Å²) in [5.74, 6) is 2.99. The van der Waals surface area contributed by atoms with Gasteiger partial charge in [-0.05, 0) is 38.1 Å². The average Bonchev–Trinajstić information content (AvgIpc) is 2.83. The number of nitrogens with zero attached hydrogens (tertiary/aromatic N) is 5. The van der Waals surface area contributed by atoms with Crippen molar-refractivity contribution in [1.82, 2.24) is 20.2 Å². The van der Waals surface area contributed by atoms with Gasteiger partial charge in [-0.2, -0.15) is 0 Å². The molecular weight excluding hydrogens is 394 g/mol. The van der Waals surface area contributed by atoms with Gasteiger partial charge in [0.15, 0.2) is 17.5 Å². The molecule has 2 aromatic rings. The number of benzene rings is 1. The Balaban J connectivity index is 1.38. The molecule has 0 atom stereocenters. The van der Waals surface area contributed by atoms with Gasteiger partial charge in [-0.1, -0.05) is 0 Å². The van der Waals surface area contributed by atoms with Crippen LogP contribution < -0.4 is 25.0 Å². The molecule has 1 aliphatic heterocycles. The van der Waals surface area contributed by atoms with Crippen molar-refractivity contribution in [2.45, 2.75) is 13.3 Å². The number of methoxy groups -OCH3 is 1. The average molecular weight is 428 g/mol. The van der Waals surface area contributed by atoms with Gasteiger partial charge in [-0.15, -0.1) is 0 Å². The first-order valence-corrected chi connectivity index (χ1v) is 10.8. The van der Waals surface area contributed by atoms with Crippen molar-refractivity contribution in [2.75, 3.05) is 70.2 Å². The van der Waals surface area contributed by atoms with Gasteiger partial charge in [-0.3, -0.25) is 9.89 Å². The first-order chi connectivity index (χ1) is 15.2. The maximum absolute atomic E-state index is 5.57.